The third-order valence-electron chi connectivity index (χ3n) is 3.97. The molecule has 1 fully saturated rings. The number of quaternary nitrogens is 1. The van der Waals surface area contributed by atoms with E-state index in [1.165, 1.54) is 29.1 Å². The molecule has 1 saturated heterocycles. The van der Waals surface area contributed by atoms with Crippen LogP contribution in [-0.4, -0.2) is 49.9 Å². The van der Waals surface area contributed by atoms with Gasteiger partial charge in [0, 0.05) is 12.7 Å². The van der Waals surface area contributed by atoms with Gasteiger partial charge in [-0.1, -0.05) is 23.2 Å². The predicted molar refractivity (Wildman–Crippen MR) is 92.1 cm³/mol. The van der Waals surface area contributed by atoms with Crippen LogP contribution >= 0.6 is 23.2 Å². The average Bonchev–Trinajstić information content (AvgIpc) is 2.51. The second-order valence-electron chi connectivity index (χ2n) is 5.91. The molecule has 0 aromatic heterocycles. The van der Waals surface area contributed by atoms with Gasteiger partial charge in [0.15, 0.2) is 6.54 Å². The topological polar surface area (TPSA) is 53.9 Å². The lowest BCUT2D eigenvalue weighted by Crippen LogP contribution is -3.13. The smallest absolute Gasteiger partial charge is 0.277 e. The van der Waals surface area contributed by atoms with Crippen LogP contribution in [-0.2, 0) is 9.59 Å². The Morgan fingerprint density at radius 3 is 2.52 bits per heavy atom. The number of nitrogens with zero attached hydrogens (tertiary/aromatic N) is 1. The zero-order valence-electron chi connectivity index (χ0n) is 13.2. The summed E-state index contributed by atoms with van der Waals surface area (Å²) in [5.41, 5.74) is 0.562. The largest absolute Gasteiger partial charge is 0.332 e. The molecule has 1 aromatic rings. The van der Waals surface area contributed by atoms with Crippen molar-refractivity contribution in [3.63, 3.8) is 0 Å². The molecule has 0 bridgehead atoms. The highest BCUT2D eigenvalue weighted by Gasteiger charge is 2.21. The van der Waals surface area contributed by atoms with Crippen LogP contribution in [0.4, 0.5) is 5.69 Å². The van der Waals surface area contributed by atoms with Crippen LogP contribution in [0.15, 0.2) is 18.2 Å². The van der Waals surface area contributed by atoms with Crippen molar-refractivity contribution >= 4 is 40.7 Å². The number of benzene rings is 1. The molecule has 0 unspecified atom stereocenters. The lowest BCUT2D eigenvalue weighted by molar-refractivity contribution is -0.897. The van der Waals surface area contributed by atoms with Crippen molar-refractivity contribution in [3.8, 4) is 0 Å². The van der Waals surface area contributed by atoms with Crippen LogP contribution < -0.4 is 10.2 Å². The Morgan fingerprint density at radius 2 is 1.87 bits per heavy atom. The Morgan fingerprint density at radius 1 is 1.17 bits per heavy atom. The van der Waals surface area contributed by atoms with Gasteiger partial charge in [0.1, 0.15) is 0 Å². The maximum atomic E-state index is 12.2. The molecule has 2 amide bonds. The van der Waals surface area contributed by atoms with Crippen molar-refractivity contribution in [2.75, 3.05) is 38.5 Å². The fraction of sp³-hybridized carbons (Fsp3) is 0.500. The number of likely N-dealkylation sites (N-methyl/N-ethyl adjacent to an activating group) is 1. The van der Waals surface area contributed by atoms with Gasteiger partial charge in [0.25, 0.3) is 5.91 Å². The molecular formula is C16H22Cl2N3O2+. The zero-order valence-corrected chi connectivity index (χ0v) is 14.7. The molecule has 0 saturated carbocycles. The molecule has 126 valence electrons. The number of hydrogen-bond acceptors (Lipinski definition) is 2. The molecule has 5 nitrogen and oxygen atoms in total. The van der Waals surface area contributed by atoms with E-state index in [4.69, 9.17) is 23.2 Å². The molecule has 0 atom stereocenters. The maximum Gasteiger partial charge on any atom is 0.277 e. The number of amides is 2. The summed E-state index contributed by atoms with van der Waals surface area (Å²) in [6.45, 7) is 2.55. The normalized spacial score (nSPS) is 15.3. The van der Waals surface area contributed by atoms with Gasteiger partial charge in [-0.05, 0) is 37.5 Å². The van der Waals surface area contributed by atoms with Gasteiger partial charge >= 0.3 is 0 Å². The number of anilines is 1. The summed E-state index contributed by atoms with van der Waals surface area (Å²) in [5.74, 6) is -0.265. The van der Waals surface area contributed by atoms with Gasteiger partial charge in [-0.2, -0.15) is 0 Å². The summed E-state index contributed by atoms with van der Waals surface area (Å²) in [6, 6.07) is 4.88. The Balaban J connectivity index is 1.81. The van der Waals surface area contributed by atoms with Crippen molar-refractivity contribution in [3.05, 3.63) is 28.2 Å². The van der Waals surface area contributed by atoms with E-state index in [0.29, 0.717) is 22.3 Å². The van der Waals surface area contributed by atoms with Gasteiger partial charge in [0.2, 0.25) is 5.91 Å². The summed E-state index contributed by atoms with van der Waals surface area (Å²) < 4.78 is 0. The second kappa shape index (κ2) is 8.52. The summed E-state index contributed by atoms with van der Waals surface area (Å²) >= 11 is 11.7. The van der Waals surface area contributed by atoms with E-state index in [1.54, 1.807) is 25.2 Å². The van der Waals surface area contributed by atoms with Crippen molar-refractivity contribution in [2.24, 2.45) is 0 Å². The monoisotopic (exact) mass is 358 g/mol. The number of carbonyl (C=O) groups is 2. The van der Waals surface area contributed by atoms with Crippen LogP contribution in [0.2, 0.25) is 10.0 Å². The highest BCUT2D eigenvalue weighted by atomic mass is 35.5. The first-order valence-electron chi connectivity index (χ1n) is 7.78. The van der Waals surface area contributed by atoms with E-state index in [-0.39, 0.29) is 18.4 Å². The molecule has 0 spiro atoms. The lowest BCUT2D eigenvalue weighted by atomic mass is 10.1. The van der Waals surface area contributed by atoms with E-state index >= 15 is 0 Å². The van der Waals surface area contributed by atoms with E-state index < -0.39 is 0 Å². The third kappa shape index (κ3) is 5.68. The molecule has 1 aromatic carbocycles. The van der Waals surface area contributed by atoms with Crippen LogP contribution in [0.1, 0.15) is 19.3 Å². The SMILES string of the molecule is CN(CC(=O)Nc1ccc(Cl)c(Cl)c1)C(=O)C[NH+]1CCCCC1. The minimum atomic E-state index is -0.257. The number of hydrogen-bond donors (Lipinski definition) is 2. The summed E-state index contributed by atoms with van der Waals surface area (Å²) in [5, 5.41) is 3.53. The predicted octanol–water partition coefficient (Wildman–Crippen LogP) is 1.46. The van der Waals surface area contributed by atoms with Gasteiger partial charge in [-0.15, -0.1) is 0 Å². The number of nitrogens with one attached hydrogen (secondary N) is 2. The second-order valence-corrected chi connectivity index (χ2v) is 6.73. The first-order chi connectivity index (χ1) is 11.0. The standard InChI is InChI=1S/C16H21Cl2N3O2/c1-20(16(23)11-21-7-3-2-4-8-21)10-15(22)19-12-5-6-13(17)14(18)9-12/h5-6,9H,2-4,7-8,10-11H2,1H3,(H,19,22)/p+1. The van der Waals surface area contributed by atoms with Crippen LogP contribution in [0.3, 0.4) is 0 Å². The highest BCUT2D eigenvalue weighted by Crippen LogP contribution is 2.24. The van der Waals surface area contributed by atoms with Crippen LogP contribution in [0, 0.1) is 0 Å². The van der Waals surface area contributed by atoms with Gasteiger partial charge in [0.05, 0.1) is 29.7 Å². The Bertz CT molecular complexity index is 574. The van der Waals surface area contributed by atoms with Gasteiger partial charge in [-0.25, -0.2) is 0 Å². The quantitative estimate of drug-likeness (QED) is 0.837. The Hall–Kier alpha value is -1.30. The molecule has 23 heavy (non-hydrogen) atoms. The number of halogens is 2. The first kappa shape index (κ1) is 18.0. The Labute approximate surface area is 146 Å². The summed E-state index contributed by atoms with van der Waals surface area (Å²) in [6.07, 6.45) is 3.59. The van der Waals surface area contributed by atoms with Crippen LogP contribution in [0.5, 0.6) is 0 Å². The number of rotatable bonds is 5. The number of likely N-dealkylation sites (tertiary alicyclic amines) is 1. The molecule has 1 heterocycles. The number of piperidine rings is 1. The van der Waals surface area contributed by atoms with Crippen molar-refractivity contribution < 1.29 is 14.5 Å². The molecule has 2 rings (SSSR count). The molecule has 0 radical (unpaired) electrons. The lowest BCUT2D eigenvalue weighted by Gasteiger charge is -2.25. The zero-order chi connectivity index (χ0) is 16.8. The molecule has 1 aliphatic heterocycles. The molecular weight excluding hydrogens is 337 g/mol. The third-order valence-corrected chi connectivity index (χ3v) is 4.71. The van der Waals surface area contributed by atoms with E-state index in [2.05, 4.69) is 5.32 Å². The fourth-order valence-corrected chi connectivity index (χ4v) is 2.95. The summed E-state index contributed by atoms with van der Waals surface area (Å²) in [7, 11) is 1.65. The van der Waals surface area contributed by atoms with E-state index in [1.807, 2.05) is 0 Å². The minimum absolute atomic E-state index is 0.00816. The van der Waals surface area contributed by atoms with E-state index in [0.717, 1.165) is 13.1 Å². The molecule has 1 aliphatic rings. The van der Waals surface area contributed by atoms with E-state index in [9.17, 15) is 9.59 Å². The van der Waals surface area contributed by atoms with Crippen LogP contribution in [0.25, 0.3) is 0 Å². The minimum Gasteiger partial charge on any atom is -0.332 e. The molecule has 0 aliphatic carbocycles. The highest BCUT2D eigenvalue weighted by molar-refractivity contribution is 6.42. The molecule has 7 heteroatoms. The maximum absolute atomic E-state index is 12.2. The fourth-order valence-electron chi connectivity index (χ4n) is 2.66. The van der Waals surface area contributed by atoms with Crippen molar-refractivity contribution in [1.29, 1.82) is 0 Å². The first-order valence-corrected chi connectivity index (χ1v) is 8.53. The van der Waals surface area contributed by atoms with Gasteiger partial charge < -0.3 is 15.1 Å². The summed E-state index contributed by atoms with van der Waals surface area (Å²) in [4.78, 5) is 27.0. The van der Waals surface area contributed by atoms with Gasteiger partial charge in [-0.3, -0.25) is 9.59 Å². The average molecular weight is 359 g/mol. The number of carbonyl (C=O) groups excluding carboxylic acids is 2. The van der Waals surface area contributed by atoms with Crippen molar-refractivity contribution in [1.82, 2.24) is 4.90 Å². The Kier molecular flexibility index (Phi) is 6.69. The molecule has 2 N–H and O–H groups in total. The van der Waals surface area contributed by atoms with Crippen molar-refractivity contribution in [2.45, 2.75) is 19.3 Å².